The minimum atomic E-state index is 0. The second-order valence-electron chi connectivity index (χ2n) is 11.8. The maximum absolute atomic E-state index is 2.72. The molecule has 1 heteroatoms. The molecular formula is C27H45Y-. The molecule has 28 heavy (non-hydrogen) atoms. The SMILES string of the molecule is CC(C)CCCC(C)C1CCC2C3CC=C4C[CH-]CCC4(C)C3CCC12C.[Y]. The van der Waals surface area contributed by atoms with Crippen LogP contribution in [0.3, 0.4) is 0 Å². The molecule has 0 spiro atoms. The smallest absolute Gasteiger partial charge is 0 e. The van der Waals surface area contributed by atoms with Crippen molar-refractivity contribution < 1.29 is 32.7 Å². The Labute approximate surface area is 201 Å². The van der Waals surface area contributed by atoms with Gasteiger partial charge in [0.1, 0.15) is 0 Å². The average molecular weight is 459 g/mol. The second-order valence-corrected chi connectivity index (χ2v) is 11.8. The van der Waals surface area contributed by atoms with Crippen LogP contribution in [0.4, 0.5) is 0 Å². The summed E-state index contributed by atoms with van der Waals surface area (Å²) in [7, 11) is 0. The van der Waals surface area contributed by atoms with Crippen LogP contribution in [0.1, 0.15) is 105 Å². The first-order valence-corrected chi connectivity index (χ1v) is 12.4. The Balaban J connectivity index is 0.00000225. The number of hydrogen-bond donors (Lipinski definition) is 0. The molecule has 4 aliphatic carbocycles. The van der Waals surface area contributed by atoms with E-state index in [9.17, 15) is 0 Å². The van der Waals surface area contributed by atoms with Crippen molar-refractivity contribution in [2.24, 2.45) is 46.3 Å². The predicted molar refractivity (Wildman–Crippen MR) is 117 cm³/mol. The van der Waals surface area contributed by atoms with E-state index in [0.717, 1.165) is 35.5 Å². The molecule has 0 amide bonds. The fourth-order valence-electron chi connectivity index (χ4n) is 8.50. The molecule has 3 fully saturated rings. The Morgan fingerprint density at radius 2 is 1.82 bits per heavy atom. The van der Waals surface area contributed by atoms with Crippen LogP contribution in [-0.2, 0) is 32.7 Å². The van der Waals surface area contributed by atoms with Crippen molar-refractivity contribution in [3.8, 4) is 0 Å². The van der Waals surface area contributed by atoms with E-state index in [1.54, 1.807) is 0 Å². The molecule has 0 heterocycles. The zero-order valence-corrected chi connectivity index (χ0v) is 22.3. The Bertz CT molecular complexity index is 563. The van der Waals surface area contributed by atoms with Crippen LogP contribution in [0.5, 0.6) is 0 Å². The number of allylic oxidation sites excluding steroid dienone is 2. The monoisotopic (exact) mass is 458 g/mol. The first-order chi connectivity index (χ1) is 12.9. The van der Waals surface area contributed by atoms with Gasteiger partial charge in [-0.1, -0.05) is 72.0 Å². The topological polar surface area (TPSA) is 0 Å². The summed E-state index contributed by atoms with van der Waals surface area (Å²) in [5.74, 6) is 5.78. The van der Waals surface area contributed by atoms with Gasteiger partial charge in [-0.15, -0.1) is 0 Å². The van der Waals surface area contributed by atoms with Crippen molar-refractivity contribution in [3.63, 3.8) is 0 Å². The molecule has 0 saturated heterocycles. The third-order valence-corrected chi connectivity index (χ3v) is 10.1. The summed E-state index contributed by atoms with van der Waals surface area (Å²) in [6, 6.07) is 0. The molecule has 0 N–H and O–H groups in total. The molecule has 1 radical (unpaired) electrons. The predicted octanol–water partition coefficient (Wildman–Crippen LogP) is 8.23. The third kappa shape index (κ3) is 4.01. The molecule has 0 bridgehead atoms. The quantitative estimate of drug-likeness (QED) is 0.287. The van der Waals surface area contributed by atoms with Gasteiger partial charge in [-0.2, -0.15) is 12.8 Å². The van der Waals surface area contributed by atoms with E-state index in [0.29, 0.717) is 10.8 Å². The van der Waals surface area contributed by atoms with Gasteiger partial charge in [0.15, 0.2) is 0 Å². The van der Waals surface area contributed by atoms with Crippen molar-refractivity contribution in [2.75, 3.05) is 0 Å². The largest absolute Gasteiger partial charge is 0.325 e. The van der Waals surface area contributed by atoms with E-state index in [4.69, 9.17) is 0 Å². The van der Waals surface area contributed by atoms with Gasteiger partial charge < -0.3 is 6.42 Å². The fourth-order valence-corrected chi connectivity index (χ4v) is 8.50. The normalized spacial score (nSPS) is 43.4. The van der Waals surface area contributed by atoms with Gasteiger partial charge in [0.05, 0.1) is 0 Å². The molecule has 7 atom stereocenters. The molecule has 0 aromatic heterocycles. The minimum Gasteiger partial charge on any atom is -0.325 e. The first-order valence-electron chi connectivity index (χ1n) is 12.4. The van der Waals surface area contributed by atoms with Crippen LogP contribution >= 0.6 is 0 Å². The van der Waals surface area contributed by atoms with Crippen molar-refractivity contribution in [1.82, 2.24) is 0 Å². The minimum absolute atomic E-state index is 0. The Morgan fingerprint density at radius 3 is 2.57 bits per heavy atom. The molecule has 0 aliphatic heterocycles. The maximum atomic E-state index is 2.72. The van der Waals surface area contributed by atoms with Crippen molar-refractivity contribution in [1.29, 1.82) is 0 Å². The van der Waals surface area contributed by atoms with Gasteiger partial charge in [-0.25, -0.2) is 0 Å². The van der Waals surface area contributed by atoms with Crippen LogP contribution < -0.4 is 0 Å². The van der Waals surface area contributed by atoms with E-state index in [1.807, 2.05) is 5.57 Å². The summed E-state index contributed by atoms with van der Waals surface area (Å²) >= 11 is 0. The summed E-state index contributed by atoms with van der Waals surface area (Å²) in [6.07, 6.45) is 21.2. The third-order valence-electron chi connectivity index (χ3n) is 10.1. The zero-order chi connectivity index (χ0) is 19.2. The van der Waals surface area contributed by atoms with Gasteiger partial charge >= 0.3 is 0 Å². The first kappa shape index (κ1) is 23.5. The molecule has 0 aromatic carbocycles. The molecule has 7 unspecified atom stereocenters. The standard InChI is InChI=1S/C27H45.Y/c1-19(2)9-8-10-20(3)23-14-15-24-22-13-12-21-11-6-7-17-26(21,4)25(22)16-18-27(23,24)5;/h6,12,19-20,22-25H,7-11,13-18H2,1-5H3;/q-1;. The van der Waals surface area contributed by atoms with Crippen LogP contribution in [0.2, 0.25) is 0 Å². The number of fused-ring (bicyclic) bond motifs is 5. The number of hydrogen-bond acceptors (Lipinski definition) is 0. The summed E-state index contributed by atoms with van der Waals surface area (Å²) in [5, 5.41) is 0. The van der Waals surface area contributed by atoms with Crippen molar-refractivity contribution >= 4 is 0 Å². The summed E-state index contributed by atoms with van der Waals surface area (Å²) in [5.41, 5.74) is 3.00. The summed E-state index contributed by atoms with van der Waals surface area (Å²) in [6.45, 7) is 12.7. The zero-order valence-electron chi connectivity index (χ0n) is 19.5. The Kier molecular flexibility index (Phi) is 7.68. The van der Waals surface area contributed by atoms with Gasteiger partial charge in [0, 0.05) is 32.7 Å². The molecule has 0 aromatic rings. The van der Waals surface area contributed by atoms with Gasteiger partial charge in [-0.3, -0.25) is 0 Å². The molecule has 0 nitrogen and oxygen atoms in total. The molecule has 3 saturated carbocycles. The summed E-state index contributed by atoms with van der Waals surface area (Å²) < 4.78 is 0. The molecule has 4 rings (SSSR count). The van der Waals surface area contributed by atoms with Gasteiger partial charge in [0.2, 0.25) is 0 Å². The van der Waals surface area contributed by atoms with E-state index >= 15 is 0 Å². The Morgan fingerprint density at radius 1 is 1.04 bits per heavy atom. The van der Waals surface area contributed by atoms with E-state index in [-0.39, 0.29) is 32.7 Å². The fraction of sp³-hybridized carbons (Fsp3) is 0.889. The van der Waals surface area contributed by atoms with Crippen LogP contribution in [0.15, 0.2) is 11.6 Å². The average Bonchev–Trinajstić information content (AvgIpc) is 2.98. The molecule has 157 valence electrons. The molecular weight excluding hydrogens is 413 g/mol. The van der Waals surface area contributed by atoms with E-state index < -0.39 is 0 Å². The van der Waals surface area contributed by atoms with Crippen LogP contribution in [0.25, 0.3) is 0 Å². The number of rotatable bonds is 5. The van der Waals surface area contributed by atoms with Crippen molar-refractivity contribution in [3.05, 3.63) is 18.1 Å². The maximum Gasteiger partial charge on any atom is 0 e. The molecule has 4 aliphatic rings. The van der Waals surface area contributed by atoms with Crippen molar-refractivity contribution in [2.45, 2.75) is 105 Å². The van der Waals surface area contributed by atoms with E-state index in [1.165, 1.54) is 70.6 Å². The Hall–Kier alpha value is 0.844. The van der Waals surface area contributed by atoms with Gasteiger partial charge in [0.25, 0.3) is 0 Å². The van der Waals surface area contributed by atoms with Crippen LogP contribution in [0, 0.1) is 52.8 Å². The van der Waals surface area contributed by atoms with Crippen LogP contribution in [-0.4, -0.2) is 0 Å². The summed E-state index contributed by atoms with van der Waals surface area (Å²) in [4.78, 5) is 0. The second kappa shape index (κ2) is 9.14. The van der Waals surface area contributed by atoms with E-state index in [2.05, 4.69) is 47.1 Å². The van der Waals surface area contributed by atoms with Gasteiger partial charge in [-0.05, 0) is 78.4 Å².